The summed E-state index contributed by atoms with van der Waals surface area (Å²) in [5, 5.41) is 20.7. The van der Waals surface area contributed by atoms with E-state index in [2.05, 4.69) is 21.6 Å². The Kier molecular flexibility index (Phi) is 5.83. The van der Waals surface area contributed by atoms with Crippen molar-refractivity contribution in [3.05, 3.63) is 35.4 Å². The number of benzene rings is 1. The predicted molar refractivity (Wildman–Crippen MR) is 95.8 cm³/mol. The second-order valence-corrected chi connectivity index (χ2v) is 7.95. The van der Waals surface area contributed by atoms with Crippen LogP contribution in [0.1, 0.15) is 43.2 Å². The van der Waals surface area contributed by atoms with E-state index in [1.807, 2.05) is 24.3 Å². The molecule has 1 heterocycles. The Labute approximate surface area is 149 Å². The van der Waals surface area contributed by atoms with Gasteiger partial charge in [-0.15, -0.1) is 10.2 Å². The van der Waals surface area contributed by atoms with E-state index >= 15 is 0 Å². The molecular weight excluding hydrogens is 340 g/mol. The monoisotopic (exact) mass is 358 g/mol. The third kappa shape index (κ3) is 4.34. The number of nitriles is 1. The first-order chi connectivity index (χ1) is 11.8. The zero-order valence-corrected chi connectivity index (χ0v) is 14.8. The molecular formula is C17H18N4OS2. The van der Waals surface area contributed by atoms with Crippen LogP contribution in [0.2, 0.25) is 0 Å². The molecule has 3 rings (SSSR count). The number of hydrogen-bond acceptors (Lipinski definition) is 6. The van der Waals surface area contributed by atoms with Crippen LogP contribution in [0.25, 0.3) is 0 Å². The summed E-state index contributed by atoms with van der Waals surface area (Å²) in [7, 11) is 0. The molecule has 7 heteroatoms. The van der Waals surface area contributed by atoms with Gasteiger partial charge in [-0.25, -0.2) is 0 Å². The minimum atomic E-state index is 0.0669. The van der Waals surface area contributed by atoms with Crippen LogP contribution < -0.4 is 5.32 Å². The number of thioether (sulfide) groups is 1. The maximum atomic E-state index is 12.2. The van der Waals surface area contributed by atoms with Crippen LogP contribution in [-0.2, 0) is 10.5 Å². The third-order valence-corrected chi connectivity index (χ3v) is 6.12. The summed E-state index contributed by atoms with van der Waals surface area (Å²) in [6, 6.07) is 9.73. The number of carbonyl (C=O) groups excluding carboxylic acids is 1. The van der Waals surface area contributed by atoms with E-state index < -0.39 is 0 Å². The highest BCUT2D eigenvalue weighted by atomic mass is 32.2. The lowest BCUT2D eigenvalue weighted by Gasteiger charge is -2.19. The number of nitrogens with zero attached hydrogens (tertiary/aromatic N) is 3. The highest BCUT2D eigenvalue weighted by Crippen LogP contribution is 2.30. The minimum absolute atomic E-state index is 0.0669. The fourth-order valence-electron chi connectivity index (χ4n) is 2.79. The second kappa shape index (κ2) is 8.27. The Morgan fingerprint density at radius 1 is 1.29 bits per heavy atom. The molecule has 1 N–H and O–H groups in total. The first-order valence-electron chi connectivity index (χ1n) is 8.01. The molecule has 1 aliphatic carbocycles. The van der Waals surface area contributed by atoms with Crippen molar-refractivity contribution in [3.63, 3.8) is 0 Å². The molecule has 1 aromatic heterocycles. The fraction of sp³-hybridized carbons (Fsp3) is 0.412. The quantitative estimate of drug-likeness (QED) is 0.639. The van der Waals surface area contributed by atoms with Gasteiger partial charge in [-0.1, -0.05) is 60.6 Å². The van der Waals surface area contributed by atoms with Crippen LogP contribution in [0.15, 0.2) is 28.6 Å². The fourth-order valence-corrected chi connectivity index (χ4v) is 4.54. The van der Waals surface area contributed by atoms with E-state index in [1.54, 1.807) is 0 Å². The van der Waals surface area contributed by atoms with Crippen molar-refractivity contribution >= 4 is 34.1 Å². The van der Waals surface area contributed by atoms with E-state index in [4.69, 9.17) is 5.26 Å². The Hall–Kier alpha value is -1.91. The van der Waals surface area contributed by atoms with Crippen molar-refractivity contribution in [2.45, 2.75) is 42.2 Å². The molecule has 2 aromatic rings. The van der Waals surface area contributed by atoms with Crippen LogP contribution in [0.4, 0.5) is 5.13 Å². The van der Waals surface area contributed by atoms with Crippen molar-refractivity contribution in [1.29, 1.82) is 5.26 Å². The van der Waals surface area contributed by atoms with Gasteiger partial charge in [0.15, 0.2) is 4.34 Å². The van der Waals surface area contributed by atoms with Gasteiger partial charge in [0.2, 0.25) is 11.0 Å². The van der Waals surface area contributed by atoms with E-state index in [1.165, 1.54) is 29.5 Å². The summed E-state index contributed by atoms with van der Waals surface area (Å²) < 4.78 is 0.793. The third-order valence-electron chi connectivity index (χ3n) is 4.10. The zero-order chi connectivity index (χ0) is 16.8. The summed E-state index contributed by atoms with van der Waals surface area (Å²) in [5.41, 5.74) is 1.66. The molecule has 0 radical (unpaired) electrons. The number of rotatable bonds is 5. The molecule has 1 fully saturated rings. The number of carbonyl (C=O) groups is 1. The lowest BCUT2D eigenvalue weighted by atomic mass is 9.89. The highest BCUT2D eigenvalue weighted by Gasteiger charge is 2.22. The zero-order valence-electron chi connectivity index (χ0n) is 13.2. The van der Waals surface area contributed by atoms with E-state index in [-0.39, 0.29) is 11.8 Å². The molecule has 5 nitrogen and oxygen atoms in total. The molecule has 1 aromatic carbocycles. The van der Waals surface area contributed by atoms with Gasteiger partial charge in [0.25, 0.3) is 0 Å². The number of amides is 1. The summed E-state index contributed by atoms with van der Waals surface area (Å²) >= 11 is 2.91. The molecule has 24 heavy (non-hydrogen) atoms. The van der Waals surface area contributed by atoms with Gasteiger partial charge in [0, 0.05) is 11.7 Å². The van der Waals surface area contributed by atoms with Gasteiger partial charge in [-0.3, -0.25) is 4.79 Å². The van der Waals surface area contributed by atoms with Crippen molar-refractivity contribution in [1.82, 2.24) is 10.2 Å². The average Bonchev–Trinajstić information content (AvgIpc) is 3.08. The number of aromatic nitrogens is 2. The molecule has 1 amide bonds. The maximum Gasteiger partial charge on any atom is 0.229 e. The number of hydrogen-bond donors (Lipinski definition) is 1. The molecule has 0 atom stereocenters. The summed E-state index contributed by atoms with van der Waals surface area (Å²) in [5.74, 6) is 0.841. The molecule has 0 saturated heterocycles. The first kappa shape index (κ1) is 16.9. The predicted octanol–water partition coefficient (Wildman–Crippen LogP) is 4.22. The van der Waals surface area contributed by atoms with Crippen LogP contribution in [0.3, 0.4) is 0 Å². The van der Waals surface area contributed by atoms with Gasteiger partial charge in [0.05, 0.1) is 11.6 Å². The Balaban J connectivity index is 1.55. The Bertz CT molecular complexity index is 747. The van der Waals surface area contributed by atoms with Crippen molar-refractivity contribution in [2.24, 2.45) is 5.92 Å². The standard InChI is InChI=1S/C17H18N4OS2/c18-10-13-8-4-5-9-14(13)11-23-17-21-20-16(24-17)19-15(22)12-6-2-1-3-7-12/h4-5,8-9,12H,1-3,6-7,11H2,(H,19,20,22). The van der Waals surface area contributed by atoms with E-state index in [0.29, 0.717) is 16.4 Å². The van der Waals surface area contributed by atoms with Gasteiger partial charge in [-0.2, -0.15) is 5.26 Å². The average molecular weight is 358 g/mol. The Morgan fingerprint density at radius 2 is 2.08 bits per heavy atom. The van der Waals surface area contributed by atoms with Crippen LogP contribution in [0, 0.1) is 17.2 Å². The van der Waals surface area contributed by atoms with Gasteiger partial charge < -0.3 is 5.32 Å². The van der Waals surface area contributed by atoms with Crippen molar-refractivity contribution in [2.75, 3.05) is 5.32 Å². The van der Waals surface area contributed by atoms with E-state index in [0.717, 1.165) is 35.6 Å². The van der Waals surface area contributed by atoms with Crippen LogP contribution >= 0.6 is 23.1 Å². The lowest BCUT2D eigenvalue weighted by molar-refractivity contribution is -0.120. The molecule has 0 aliphatic heterocycles. The topological polar surface area (TPSA) is 78.7 Å². The lowest BCUT2D eigenvalue weighted by Crippen LogP contribution is -2.24. The van der Waals surface area contributed by atoms with Crippen LogP contribution in [0.5, 0.6) is 0 Å². The smallest absolute Gasteiger partial charge is 0.229 e. The van der Waals surface area contributed by atoms with Crippen molar-refractivity contribution < 1.29 is 4.79 Å². The summed E-state index contributed by atoms with van der Waals surface area (Å²) in [6.45, 7) is 0. The summed E-state index contributed by atoms with van der Waals surface area (Å²) in [4.78, 5) is 12.2. The second-order valence-electron chi connectivity index (χ2n) is 5.75. The maximum absolute atomic E-state index is 12.2. The molecule has 124 valence electrons. The molecule has 1 saturated carbocycles. The number of nitrogens with one attached hydrogen (secondary N) is 1. The first-order valence-corrected chi connectivity index (χ1v) is 9.81. The molecule has 0 spiro atoms. The van der Waals surface area contributed by atoms with Crippen molar-refractivity contribution in [3.8, 4) is 6.07 Å². The number of anilines is 1. The highest BCUT2D eigenvalue weighted by molar-refractivity contribution is 8.00. The molecule has 0 bridgehead atoms. The normalized spacial score (nSPS) is 15.0. The molecule has 0 unspecified atom stereocenters. The summed E-state index contributed by atoms with van der Waals surface area (Å²) in [6.07, 6.45) is 5.43. The van der Waals surface area contributed by atoms with Gasteiger partial charge in [-0.05, 0) is 24.5 Å². The van der Waals surface area contributed by atoms with Gasteiger partial charge in [0.1, 0.15) is 0 Å². The minimum Gasteiger partial charge on any atom is -0.300 e. The van der Waals surface area contributed by atoms with E-state index in [9.17, 15) is 4.79 Å². The molecule has 1 aliphatic rings. The Morgan fingerprint density at radius 3 is 2.88 bits per heavy atom. The van der Waals surface area contributed by atoms with Gasteiger partial charge >= 0.3 is 0 Å². The SMILES string of the molecule is N#Cc1ccccc1CSc1nnc(NC(=O)C2CCCCC2)s1. The van der Waals surface area contributed by atoms with Crippen LogP contribution in [-0.4, -0.2) is 16.1 Å². The largest absolute Gasteiger partial charge is 0.300 e.